The molecule has 0 atom stereocenters. The van der Waals surface area contributed by atoms with Gasteiger partial charge in [-0.15, -0.1) is 12.4 Å². The van der Waals surface area contributed by atoms with E-state index in [1.165, 1.54) is 18.7 Å². The third-order valence-electron chi connectivity index (χ3n) is 6.77. The molecule has 47 heavy (non-hydrogen) atoms. The van der Waals surface area contributed by atoms with Crippen molar-refractivity contribution in [1.29, 1.82) is 0 Å². The molecule has 2 heterocycles. The van der Waals surface area contributed by atoms with Gasteiger partial charge in [-0.1, -0.05) is 41.4 Å². The summed E-state index contributed by atoms with van der Waals surface area (Å²) in [5.74, 6) is 3.11. The first-order valence-corrected chi connectivity index (χ1v) is 14.4. The summed E-state index contributed by atoms with van der Waals surface area (Å²) in [5, 5.41) is 5.54. The van der Waals surface area contributed by atoms with Crippen molar-refractivity contribution < 1.29 is 28.1 Å². The molecular formula is C33H29Cl3FN5O5. The maximum Gasteiger partial charge on any atom is 0.162 e. The van der Waals surface area contributed by atoms with Gasteiger partial charge in [-0.25, -0.2) is 24.3 Å². The van der Waals surface area contributed by atoms with Crippen LogP contribution in [-0.4, -0.2) is 48.4 Å². The molecule has 4 aromatic carbocycles. The zero-order chi connectivity index (χ0) is 32.6. The van der Waals surface area contributed by atoms with E-state index < -0.39 is 0 Å². The second-order valence-electron chi connectivity index (χ2n) is 9.49. The Bertz CT molecular complexity index is 2000. The molecule has 0 unspecified atom stereocenters. The fraction of sp³-hybridized carbons (Fsp3) is 0.152. The van der Waals surface area contributed by atoms with Crippen LogP contribution in [0.25, 0.3) is 21.8 Å². The number of ether oxygens (including phenoxy) is 5. The number of fused-ring (bicyclic) bond motifs is 2. The van der Waals surface area contributed by atoms with E-state index in [2.05, 4.69) is 25.3 Å². The molecule has 0 bridgehead atoms. The van der Waals surface area contributed by atoms with Crippen LogP contribution in [0.3, 0.4) is 0 Å². The lowest BCUT2D eigenvalue weighted by atomic mass is 10.2. The van der Waals surface area contributed by atoms with Crippen molar-refractivity contribution in [2.75, 3.05) is 33.8 Å². The van der Waals surface area contributed by atoms with Gasteiger partial charge < -0.3 is 29.0 Å². The Labute approximate surface area is 286 Å². The average molecular weight is 701 g/mol. The predicted molar refractivity (Wildman–Crippen MR) is 183 cm³/mol. The van der Waals surface area contributed by atoms with Crippen molar-refractivity contribution in [3.05, 3.63) is 101 Å². The SMILES string of the molecule is COc1cc2ncnc(Cl)c2cc1OC.COc1cc2ncnc(Nc3ccc(OCc4ccccc4F)c(Cl)c3)c2cc1OC.Cl. The summed E-state index contributed by atoms with van der Waals surface area (Å²) in [7, 11) is 6.29. The Kier molecular flexibility index (Phi) is 12.0. The molecule has 14 heteroatoms. The fourth-order valence-electron chi connectivity index (χ4n) is 4.44. The minimum Gasteiger partial charge on any atom is -0.493 e. The van der Waals surface area contributed by atoms with E-state index in [0.29, 0.717) is 61.5 Å². The van der Waals surface area contributed by atoms with Crippen molar-refractivity contribution in [2.24, 2.45) is 0 Å². The summed E-state index contributed by atoms with van der Waals surface area (Å²) >= 11 is 12.3. The van der Waals surface area contributed by atoms with Gasteiger partial charge in [-0.3, -0.25) is 0 Å². The highest BCUT2D eigenvalue weighted by Gasteiger charge is 2.13. The van der Waals surface area contributed by atoms with Crippen LogP contribution in [-0.2, 0) is 6.61 Å². The molecule has 10 nitrogen and oxygen atoms in total. The first-order valence-electron chi connectivity index (χ1n) is 13.7. The van der Waals surface area contributed by atoms with Crippen LogP contribution >= 0.6 is 35.6 Å². The van der Waals surface area contributed by atoms with Gasteiger partial charge in [0.05, 0.1) is 44.5 Å². The highest BCUT2D eigenvalue weighted by Crippen LogP contribution is 2.36. The van der Waals surface area contributed by atoms with Crippen LogP contribution in [0.5, 0.6) is 28.7 Å². The van der Waals surface area contributed by atoms with Crippen LogP contribution in [0, 0.1) is 5.82 Å². The first-order chi connectivity index (χ1) is 22.3. The molecule has 0 amide bonds. The Morgan fingerprint density at radius 1 is 0.660 bits per heavy atom. The van der Waals surface area contributed by atoms with Gasteiger partial charge in [-0.05, 0) is 36.4 Å². The van der Waals surface area contributed by atoms with Gasteiger partial charge in [0.25, 0.3) is 0 Å². The number of benzene rings is 4. The van der Waals surface area contributed by atoms with E-state index in [-0.39, 0.29) is 24.8 Å². The average Bonchev–Trinajstić information content (AvgIpc) is 3.08. The summed E-state index contributed by atoms with van der Waals surface area (Å²) < 4.78 is 40.5. The van der Waals surface area contributed by atoms with Gasteiger partial charge in [-0.2, -0.15) is 0 Å². The minimum atomic E-state index is -0.320. The normalized spacial score (nSPS) is 10.4. The predicted octanol–water partition coefficient (Wildman–Crippen LogP) is 8.48. The monoisotopic (exact) mass is 699 g/mol. The number of nitrogens with zero attached hydrogens (tertiary/aromatic N) is 4. The minimum absolute atomic E-state index is 0. The highest BCUT2D eigenvalue weighted by atomic mass is 35.5. The van der Waals surface area contributed by atoms with E-state index in [4.69, 9.17) is 46.9 Å². The number of hydrogen-bond donors (Lipinski definition) is 1. The standard InChI is InChI=1S/C23H19ClFN3O3.C10H9ClN2O2.ClH/c1-29-21-10-16-19(11-22(21)30-2)26-13-27-23(16)28-15-7-8-20(17(24)9-15)31-12-14-5-3-4-6-18(14)25;1-14-8-3-6-7(4-9(8)15-2)12-5-13-10(6)11;/h3-11,13H,12H2,1-2H3,(H,26,27,28);3-5H,1-2H3;1H. The zero-order valence-corrected chi connectivity index (χ0v) is 27.9. The van der Waals surface area contributed by atoms with E-state index in [1.807, 2.05) is 6.07 Å². The van der Waals surface area contributed by atoms with Crippen molar-refractivity contribution >= 4 is 68.9 Å². The first kappa shape index (κ1) is 35.0. The van der Waals surface area contributed by atoms with Crippen LogP contribution in [0.15, 0.2) is 79.4 Å². The Morgan fingerprint density at radius 3 is 1.85 bits per heavy atom. The lowest BCUT2D eigenvalue weighted by Gasteiger charge is -2.13. The summed E-state index contributed by atoms with van der Waals surface area (Å²) in [4.78, 5) is 16.6. The third-order valence-corrected chi connectivity index (χ3v) is 7.36. The van der Waals surface area contributed by atoms with E-state index in [0.717, 1.165) is 16.3 Å². The van der Waals surface area contributed by atoms with Crippen LogP contribution in [0.2, 0.25) is 10.2 Å². The molecule has 0 saturated carbocycles. The van der Waals surface area contributed by atoms with Crippen LogP contribution in [0.4, 0.5) is 15.9 Å². The second kappa shape index (κ2) is 16.1. The Morgan fingerprint density at radius 2 is 1.23 bits per heavy atom. The summed E-state index contributed by atoms with van der Waals surface area (Å²) in [6, 6.07) is 18.8. The third kappa shape index (κ3) is 8.12. The maximum absolute atomic E-state index is 13.8. The highest BCUT2D eigenvalue weighted by molar-refractivity contribution is 6.34. The summed E-state index contributed by atoms with van der Waals surface area (Å²) in [6.07, 6.45) is 2.88. The van der Waals surface area contributed by atoms with Crippen molar-refractivity contribution in [2.45, 2.75) is 6.61 Å². The lowest BCUT2D eigenvalue weighted by Crippen LogP contribution is -2.00. The molecule has 6 aromatic rings. The molecule has 244 valence electrons. The molecule has 0 fully saturated rings. The van der Waals surface area contributed by atoms with Gasteiger partial charge in [0, 0.05) is 34.2 Å². The van der Waals surface area contributed by atoms with E-state index >= 15 is 0 Å². The van der Waals surface area contributed by atoms with E-state index in [9.17, 15) is 4.39 Å². The molecule has 0 aliphatic heterocycles. The molecule has 1 N–H and O–H groups in total. The van der Waals surface area contributed by atoms with Gasteiger partial charge >= 0.3 is 0 Å². The number of nitrogens with one attached hydrogen (secondary N) is 1. The maximum atomic E-state index is 13.8. The number of hydrogen-bond acceptors (Lipinski definition) is 10. The molecular weight excluding hydrogens is 672 g/mol. The molecule has 0 radical (unpaired) electrons. The molecule has 6 rings (SSSR count). The fourth-order valence-corrected chi connectivity index (χ4v) is 4.87. The second-order valence-corrected chi connectivity index (χ2v) is 10.3. The quantitative estimate of drug-likeness (QED) is 0.148. The number of methoxy groups -OCH3 is 4. The summed E-state index contributed by atoms with van der Waals surface area (Å²) in [6.45, 7) is 0.0807. The number of rotatable bonds is 9. The van der Waals surface area contributed by atoms with E-state index in [1.54, 1.807) is 83.0 Å². The van der Waals surface area contributed by atoms with Gasteiger partial charge in [0.1, 0.15) is 41.8 Å². The zero-order valence-electron chi connectivity index (χ0n) is 25.6. The van der Waals surface area contributed by atoms with Gasteiger partial charge in [0.2, 0.25) is 0 Å². The van der Waals surface area contributed by atoms with Crippen molar-refractivity contribution in [3.63, 3.8) is 0 Å². The van der Waals surface area contributed by atoms with Gasteiger partial charge in [0.15, 0.2) is 23.0 Å². The number of halogens is 4. The molecule has 0 aliphatic carbocycles. The van der Waals surface area contributed by atoms with Crippen molar-refractivity contribution in [1.82, 2.24) is 19.9 Å². The number of aromatic nitrogens is 4. The number of anilines is 2. The summed E-state index contributed by atoms with van der Waals surface area (Å²) in [5.41, 5.74) is 2.59. The Balaban J connectivity index is 0.000000262. The molecule has 0 spiro atoms. The molecule has 2 aromatic heterocycles. The van der Waals surface area contributed by atoms with Crippen molar-refractivity contribution in [3.8, 4) is 28.7 Å². The smallest absolute Gasteiger partial charge is 0.162 e. The topological polar surface area (TPSA) is 110 Å². The Hall–Kier alpha value is -4.84. The largest absolute Gasteiger partial charge is 0.493 e. The van der Waals surface area contributed by atoms with Crippen LogP contribution in [0.1, 0.15) is 5.56 Å². The van der Waals surface area contributed by atoms with Crippen LogP contribution < -0.4 is 29.0 Å². The lowest BCUT2D eigenvalue weighted by molar-refractivity contribution is 0.300. The molecule has 0 saturated heterocycles. The molecule has 0 aliphatic rings.